The molecule has 108 valence electrons. The second-order valence-electron chi connectivity index (χ2n) is 5.67. The van der Waals surface area contributed by atoms with Crippen LogP contribution in [0.5, 0.6) is 0 Å². The van der Waals surface area contributed by atoms with Crippen molar-refractivity contribution in [1.29, 1.82) is 0 Å². The van der Waals surface area contributed by atoms with Crippen LogP contribution in [0.4, 0.5) is 0 Å². The van der Waals surface area contributed by atoms with Crippen molar-refractivity contribution in [3.05, 3.63) is 24.2 Å². The standard InChI is InChI=1S/C15H22N4O/c1-18(2)8-9-19-14(11-12-5-4-10-20-12)17-13-6-3-7-16-15(13)19/h3,6-7,12H,4-5,8-11H2,1-2H3. The van der Waals surface area contributed by atoms with Gasteiger partial charge < -0.3 is 14.2 Å². The highest BCUT2D eigenvalue weighted by atomic mass is 16.5. The Balaban J connectivity index is 1.89. The van der Waals surface area contributed by atoms with Gasteiger partial charge in [-0.15, -0.1) is 0 Å². The van der Waals surface area contributed by atoms with Crippen molar-refractivity contribution in [3.63, 3.8) is 0 Å². The molecule has 5 nitrogen and oxygen atoms in total. The summed E-state index contributed by atoms with van der Waals surface area (Å²) in [6.07, 6.45) is 5.37. The van der Waals surface area contributed by atoms with Crippen LogP contribution in [0.3, 0.4) is 0 Å². The summed E-state index contributed by atoms with van der Waals surface area (Å²) in [7, 11) is 4.18. The van der Waals surface area contributed by atoms with Crippen molar-refractivity contribution in [3.8, 4) is 0 Å². The average Bonchev–Trinajstić information content (AvgIpc) is 3.04. The highest BCUT2D eigenvalue weighted by Gasteiger charge is 2.20. The molecule has 2 aromatic heterocycles. The van der Waals surface area contributed by atoms with Gasteiger partial charge in [-0.05, 0) is 39.1 Å². The number of nitrogens with zero attached hydrogens (tertiary/aromatic N) is 4. The summed E-state index contributed by atoms with van der Waals surface area (Å²) in [5, 5.41) is 0. The SMILES string of the molecule is CN(C)CCn1c(CC2CCCO2)nc2cccnc21. The molecule has 1 fully saturated rings. The monoisotopic (exact) mass is 274 g/mol. The molecule has 1 atom stereocenters. The van der Waals surface area contributed by atoms with Gasteiger partial charge in [0.1, 0.15) is 11.3 Å². The van der Waals surface area contributed by atoms with Crippen LogP contribution in [-0.4, -0.2) is 52.8 Å². The third kappa shape index (κ3) is 2.83. The van der Waals surface area contributed by atoms with Crippen molar-refractivity contribution in [2.24, 2.45) is 0 Å². The van der Waals surface area contributed by atoms with Gasteiger partial charge in [-0.25, -0.2) is 9.97 Å². The lowest BCUT2D eigenvalue weighted by Gasteiger charge is -2.14. The molecule has 0 aromatic carbocycles. The first-order chi connectivity index (χ1) is 9.74. The molecule has 5 heteroatoms. The second kappa shape index (κ2) is 5.89. The number of likely N-dealkylation sites (N-methyl/N-ethyl adjacent to an activating group) is 1. The molecule has 1 saturated heterocycles. The lowest BCUT2D eigenvalue weighted by Crippen LogP contribution is -2.21. The Morgan fingerprint density at radius 3 is 3.10 bits per heavy atom. The first-order valence-electron chi connectivity index (χ1n) is 7.30. The molecule has 0 saturated carbocycles. The Labute approximate surface area is 119 Å². The summed E-state index contributed by atoms with van der Waals surface area (Å²) in [5.41, 5.74) is 1.97. The highest BCUT2D eigenvalue weighted by molar-refractivity contribution is 5.71. The Morgan fingerprint density at radius 1 is 1.45 bits per heavy atom. The molecular formula is C15H22N4O. The molecule has 1 aliphatic rings. The maximum absolute atomic E-state index is 5.75. The van der Waals surface area contributed by atoms with Crippen LogP contribution in [-0.2, 0) is 17.7 Å². The predicted octanol–water partition coefficient (Wildman–Crippen LogP) is 1.71. The topological polar surface area (TPSA) is 43.2 Å². The number of ether oxygens (including phenoxy) is 1. The van der Waals surface area contributed by atoms with Crippen LogP contribution in [0.2, 0.25) is 0 Å². The van der Waals surface area contributed by atoms with Crippen molar-refractivity contribution in [2.75, 3.05) is 27.2 Å². The van der Waals surface area contributed by atoms with E-state index in [1.807, 2.05) is 18.3 Å². The summed E-state index contributed by atoms with van der Waals surface area (Å²) >= 11 is 0. The number of aromatic nitrogens is 3. The number of fused-ring (bicyclic) bond motifs is 1. The number of rotatable bonds is 5. The van der Waals surface area contributed by atoms with Gasteiger partial charge in [0.25, 0.3) is 0 Å². The van der Waals surface area contributed by atoms with Crippen molar-refractivity contribution >= 4 is 11.2 Å². The first kappa shape index (κ1) is 13.5. The third-order valence-electron chi connectivity index (χ3n) is 3.79. The van der Waals surface area contributed by atoms with Crippen LogP contribution in [0.15, 0.2) is 18.3 Å². The highest BCUT2D eigenvalue weighted by Crippen LogP contribution is 2.20. The lowest BCUT2D eigenvalue weighted by atomic mass is 10.2. The summed E-state index contributed by atoms with van der Waals surface area (Å²) in [6, 6.07) is 3.98. The van der Waals surface area contributed by atoms with Crippen LogP contribution in [0.25, 0.3) is 11.2 Å². The number of pyridine rings is 1. The molecule has 1 unspecified atom stereocenters. The zero-order valence-corrected chi connectivity index (χ0v) is 12.2. The summed E-state index contributed by atoms with van der Waals surface area (Å²) in [6.45, 7) is 2.80. The summed E-state index contributed by atoms with van der Waals surface area (Å²) in [4.78, 5) is 11.4. The van der Waals surface area contributed by atoms with Gasteiger partial charge >= 0.3 is 0 Å². The first-order valence-corrected chi connectivity index (χ1v) is 7.30. The van der Waals surface area contributed by atoms with E-state index in [1.165, 1.54) is 6.42 Å². The largest absolute Gasteiger partial charge is 0.378 e. The number of imidazole rings is 1. The van der Waals surface area contributed by atoms with Crippen LogP contribution < -0.4 is 0 Å². The Hall–Kier alpha value is -1.46. The quantitative estimate of drug-likeness (QED) is 0.832. The fourth-order valence-electron chi connectivity index (χ4n) is 2.71. The molecule has 0 spiro atoms. The average molecular weight is 274 g/mol. The Morgan fingerprint density at radius 2 is 2.35 bits per heavy atom. The molecule has 0 aliphatic carbocycles. The minimum Gasteiger partial charge on any atom is -0.378 e. The minimum absolute atomic E-state index is 0.324. The van der Waals surface area contributed by atoms with E-state index in [-0.39, 0.29) is 0 Å². The zero-order chi connectivity index (χ0) is 13.9. The maximum atomic E-state index is 5.75. The van der Waals surface area contributed by atoms with Gasteiger partial charge in [0.05, 0.1) is 6.10 Å². The Kier molecular flexibility index (Phi) is 3.98. The lowest BCUT2D eigenvalue weighted by molar-refractivity contribution is 0.109. The van der Waals surface area contributed by atoms with Crippen LogP contribution in [0, 0.1) is 0 Å². The van der Waals surface area contributed by atoms with E-state index in [1.54, 1.807) is 0 Å². The van der Waals surface area contributed by atoms with Crippen LogP contribution >= 0.6 is 0 Å². The molecule has 3 heterocycles. The van der Waals surface area contributed by atoms with E-state index in [0.29, 0.717) is 6.10 Å². The van der Waals surface area contributed by atoms with Crippen molar-refractivity contribution < 1.29 is 4.74 Å². The molecule has 0 bridgehead atoms. The van der Waals surface area contributed by atoms with Crippen molar-refractivity contribution in [2.45, 2.75) is 31.9 Å². The van der Waals surface area contributed by atoms with E-state index in [4.69, 9.17) is 9.72 Å². The Bertz CT molecular complexity index is 572. The van der Waals surface area contributed by atoms with Gasteiger partial charge in [0.15, 0.2) is 5.65 Å². The molecule has 0 N–H and O–H groups in total. The number of hydrogen-bond donors (Lipinski definition) is 0. The van der Waals surface area contributed by atoms with E-state index in [0.717, 1.165) is 49.5 Å². The van der Waals surface area contributed by atoms with E-state index in [2.05, 4.69) is 28.5 Å². The molecule has 20 heavy (non-hydrogen) atoms. The van der Waals surface area contributed by atoms with Crippen LogP contribution in [0.1, 0.15) is 18.7 Å². The van der Waals surface area contributed by atoms with Gasteiger partial charge in [-0.3, -0.25) is 0 Å². The molecular weight excluding hydrogens is 252 g/mol. The smallest absolute Gasteiger partial charge is 0.160 e. The van der Waals surface area contributed by atoms with Gasteiger partial charge in [-0.2, -0.15) is 0 Å². The summed E-state index contributed by atoms with van der Waals surface area (Å²) in [5.74, 6) is 1.10. The van der Waals surface area contributed by atoms with Gasteiger partial charge in [0, 0.05) is 32.3 Å². The molecule has 2 aromatic rings. The molecule has 1 aliphatic heterocycles. The summed E-state index contributed by atoms with van der Waals surface area (Å²) < 4.78 is 8.00. The maximum Gasteiger partial charge on any atom is 0.160 e. The van der Waals surface area contributed by atoms with E-state index in [9.17, 15) is 0 Å². The van der Waals surface area contributed by atoms with E-state index < -0.39 is 0 Å². The van der Waals surface area contributed by atoms with Crippen molar-refractivity contribution in [1.82, 2.24) is 19.4 Å². The van der Waals surface area contributed by atoms with Gasteiger partial charge in [0.2, 0.25) is 0 Å². The molecule has 0 radical (unpaired) electrons. The van der Waals surface area contributed by atoms with E-state index >= 15 is 0 Å². The predicted molar refractivity (Wildman–Crippen MR) is 78.8 cm³/mol. The molecule has 0 amide bonds. The minimum atomic E-state index is 0.324. The number of hydrogen-bond acceptors (Lipinski definition) is 4. The van der Waals surface area contributed by atoms with Gasteiger partial charge in [-0.1, -0.05) is 0 Å². The normalized spacial score (nSPS) is 19.2. The second-order valence-corrected chi connectivity index (χ2v) is 5.67. The fourth-order valence-corrected chi connectivity index (χ4v) is 2.71. The third-order valence-corrected chi connectivity index (χ3v) is 3.79. The fraction of sp³-hybridized carbons (Fsp3) is 0.600. The molecule has 3 rings (SSSR count). The zero-order valence-electron chi connectivity index (χ0n) is 12.2.